The van der Waals surface area contributed by atoms with Crippen molar-refractivity contribution < 1.29 is 9.59 Å². The van der Waals surface area contributed by atoms with Gasteiger partial charge in [0.2, 0.25) is 0 Å². The lowest BCUT2D eigenvalue weighted by Crippen LogP contribution is -2.48. The van der Waals surface area contributed by atoms with E-state index in [9.17, 15) is 9.59 Å². The molecule has 154 valence electrons. The molecule has 2 saturated heterocycles. The predicted octanol–water partition coefficient (Wildman–Crippen LogP) is 1.87. The molecular weight excluding hydrogens is 354 g/mol. The van der Waals surface area contributed by atoms with Crippen molar-refractivity contribution in [3.8, 4) is 0 Å². The summed E-state index contributed by atoms with van der Waals surface area (Å²) in [4.78, 5) is 37.3. The van der Waals surface area contributed by atoms with E-state index in [0.717, 1.165) is 83.7 Å². The second-order valence-corrected chi connectivity index (χ2v) is 8.56. The van der Waals surface area contributed by atoms with Crippen LogP contribution in [0.5, 0.6) is 0 Å². The van der Waals surface area contributed by atoms with Crippen LogP contribution in [0.15, 0.2) is 0 Å². The molecule has 1 atom stereocenters. The molecule has 0 radical (unpaired) electrons. The van der Waals surface area contributed by atoms with E-state index >= 15 is 0 Å². The van der Waals surface area contributed by atoms with Crippen molar-refractivity contribution >= 4 is 11.8 Å². The molecule has 2 fully saturated rings. The summed E-state index contributed by atoms with van der Waals surface area (Å²) in [5.41, 5.74) is 1.50. The van der Waals surface area contributed by atoms with Gasteiger partial charge in [-0.3, -0.25) is 9.59 Å². The average molecular weight is 388 g/mol. The molecule has 4 rings (SSSR count). The number of nitrogens with zero attached hydrogens (tertiary/aromatic N) is 5. The number of amides is 2. The van der Waals surface area contributed by atoms with Gasteiger partial charge in [0, 0.05) is 45.8 Å². The molecule has 0 aromatic carbocycles. The lowest BCUT2D eigenvalue weighted by molar-refractivity contribution is 0.0636. The molecule has 7 heteroatoms. The minimum absolute atomic E-state index is 0.00422. The Morgan fingerprint density at radius 3 is 2.46 bits per heavy atom. The van der Waals surface area contributed by atoms with Gasteiger partial charge in [-0.15, -0.1) is 0 Å². The van der Waals surface area contributed by atoms with Crippen LogP contribution < -0.4 is 0 Å². The number of likely N-dealkylation sites (N-methyl/N-ethyl adjacent to an activating group) is 1. The van der Waals surface area contributed by atoms with Gasteiger partial charge >= 0.3 is 0 Å². The quantitative estimate of drug-likeness (QED) is 0.794. The first-order valence-corrected chi connectivity index (χ1v) is 11.0. The zero-order valence-corrected chi connectivity index (χ0v) is 17.3. The maximum atomic E-state index is 13.2. The topological polar surface area (TPSA) is 61.7 Å². The first kappa shape index (κ1) is 19.4. The van der Waals surface area contributed by atoms with Gasteiger partial charge in [0.05, 0.1) is 5.69 Å². The summed E-state index contributed by atoms with van der Waals surface area (Å²) in [5, 5.41) is 0. The highest BCUT2D eigenvalue weighted by atomic mass is 16.2. The molecule has 0 saturated carbocycles. The minimum atomic E-state index is 0.00422. The largest absolute Gasteiger partial charge is 0.336 e. The van der Waals surface area contributed by atoms with Crippen LogP contribution in [0.2, 0.25) is 0 Å². The summed E-state index contributed by atoms with van der Waals surface area (Å²) >= 11 is 0. The second-order valence-electron chi connectivity index (χ2n) is 8.56. The summed E-state index contributed by atoms with van der Waals surface area (Å²) in [7, 11) is 0. The Hall–Kier alpha value is -1.89. The lowest BCUT2D eigenvalue weighted by atomic mass is 10.0. The van der Waals surface area contributed by atoms with E-state index in [4.69, 9.17) is 0 Å². The SMILES string of the molecule is CCN1CCN(C(=O)c2nc(C(=O)N3CCCC(C)C3)n3c2CCCC3)CC1. The molecule has 2 amide bonds. The fourth-order valence-electron chi connectivity index (χ4n) is 4.81. The Kier molecular flexibility index (Phi) is 5.71. The van der Waals surface area contributed by atoms with E-state index in [1.807, 2.05) is 14.4 Å². The fourth-order valence-corrected chi connectivity index (χ4v) is 4.81. The summed E-state index contributed by atoms with van der Waals surface area (Å²) < 4.78 is 2.04. The van der Waals surface area contributed by atoms with Gasteiger partial charge in [0.25, 0.3) is 11.8 Å². The maximum Gasteiger partial charge on any atom is 0.289 e. The number of carbonyl (C=O) groups excluding carboxylic acids is 2. The van der Waals surface area contributed by atoms with E-state index in [-0.39, 0.29) is 11.8 Å². The van der Waals surface area contributed by atoms with Gasteiger partial charge in [-0.1, -0.05) is 13.8 Å². The Morgan fingerprint density at radius 1 is 0.964 bits per heavy atom. The van der Waals surface area contributed by atoms with Crippen LogP contribution in [0.4, 0.5) is 0 Å². The van der Waals surface area contributed by atoms with E-state index in [1.54, 1.807) is 0 Å². The zero-order chi connectivity index (χ0) is 19.7. The van der Waals surface area contributed by atoms with Crippen LogP contribution in [0, 0.1) is 5.92 Å². The number of rotatable bonds is 3. The molecule has 1 aromatic rings. The number of piperidine rings is 1. The van der Waals surface area contributed by atoms with E-state index in [1.165, 1.54) is 6.42 Å². The van der Waals surface area contributed by atoms with Crippen molar-refractivity contribution in [2.24, 2.45) is 5.92 Å². The maximum absolute atomic E-state index is 13.2. The number of likely N-dealkylation sites (tertiary alicyclic amines) is 1. The van der Waals surface area contributed by atoms with Crippen molar-refractivity contribution in [2.75, 3.05) is 45.8 Å². The molecule has 1 aromatic heterocycles. The monoisotopic (exact) mass is 387 g/mol. The highest BCUT2D eigenvalue weighted by Crippen LogP contribution is 2.25. The Labute approximate surface area is 167 Å². The van der Waals surface area contributed by atoms with Gasteiger partial charge in [0.15, 0.2) is 5.82 Å². The highest BCUT2D eigenvalue weighted by molar-refractivity contribution is 5.97. The summed E-state index contributed by atoms with van der Waals surface area (Å²) in [6.07, 6.45) is 5.17. The smallest absolute Gasteiger partial charge is 0.289 e. The van der Waals surface area contributed by atoms with Gasteiger partial charge in [0.1, 0.15) is 5.69 Å². The molecule has 0 spiro atoms. The van der Waals surface area contributed by atoms with E-state index in [0.29, 0.717) is 17.4 Å². The Bertz CT molecular complexity index is 735. The third-order valence-corrected chi connectivity index (χ3v) is 6.56. The molecule has 28 heavy (non-hydrogen) atoms. The normalized spacial score (nSPS) is 23.6. The van der Waals surface area contributed by atoms with Crippen LogP contribution in [-0.2, 0) is 13.0 Å². The summed E-state index contributed by atoms with van der Waals surface area (Å²) in [6.45, 7) is 11.1. The summed E-state index contributed by atoms with van der Waals surface area (Å²) in [5.74, 6) is 1.03. The number of hydrogen-bond acceptors (Lipinski definition) is 4. The van der Waals surface area contributed by atoms with Crippen LogP contribution >= 0.6 is 0 Å². The number of imidazole rings is 1. The van der Waals surface area contributed by atoms with Crippen molar-refractivity contribution in [3.63, 3.8) is 0 Å². The van der Waals surface area contributed by atoms with Crippen molar-refractivity contribution in [3.05, 3.63) is 17.2 Å². The first-order valence-electron chi connectivity index (χ1n) is 11.0. The van der Waals surface area contributed by atoms with Crippen LogP contribution in [0.25, 0.3) is 0 Å². The van der Waals surface area contributed by atoms with Crippen molar-refractivity contribution in [1.82, 2.24) is 24.3 Å². The average Bonchev–Trinajstić information content (AvgIpc) is 3.12. The van der Waals surface area contributed by atoms with Crippen LogP contribution in [-0.4, -0.2) is 81.9 Å². The van der Waals surface area contributed by atoms with E-state index < -0.39 is 0 Å². The fraction of sp³-hybridized carbons (Fsp3) is 0.762. The van der Waals surface area contributed by atoms with Gasteiger partial charge in [-0.25, -0.2) is 4.98 Å². The zero-order valence-electron chi connectivity index (χ0n) is 17.3. The molecule has 0 N–H and O–H groups in total. The van der Waals surface area contributed by atoms with Crippen molar-refractivity contribution in [1.29, 1.82) is 0 Å². The number of carbonyl (C=O) groups is 2. The molecule has 3 aliphatic rings. The standard InChI is InChI=1S/C21H33N5O2/c1-3-23-11-13-24(14-12-23)20(27)18-17-8-4-5-10-26(17)19(22-18)21(28)25-9-6-7-16(2)15-25/h16H,3-15H2,1-2H3. The third-order valence-electron chi connectivity index (χ3n) is 6.56. The number of aromatic nitrogens is 2. The number of piperazine rings is 1. The molecule has 3 aliphatic heterocycles. The molecular formula is C21H33N5O2. The van der Waals surface area contributed by atoms with E-state index in [2.05, 4.69) is 23.7 Å². The Balaban J connectivity index is 1.58. The minimum Gasteiger partial charge on any atom is -0.336 e. The number of fused-ring (bicyclic) bond motifs is 1. The molecule has 7 nitrogen and oxygen atoms in total. The van der Waals surface area contributed by atoms with Gasteiger partial charge in [-0.2, -0.15) is 0 Å². The van der Waals surface area contributed by atoms with Gasteiger partial charge < -0.3 is 19.3 Å². The predicted molar refractivity (Wildman–Crippen MR) is 107 cm³/mol. The summed E-state index contributed by atoms with van der Waals surface area (Å²) in [6, 6.07) is 0. The van der Waals surface area contributed by atoms with Crippen LogP contribution in [0.1, 0.15) is 66.3 Å². The third kappa shape index (κ3) is 3.69. The Morgan fingerprint density at radius 2 is 1.75 bits per heavy atom. The lowest BCUT2D eigenvalue weighted by Gasteiger charge is -2.33. The molecule has 4 heterocycles. The second kappa shape index (κ2) is 8.23. The molecule has 0 aliphatic carbocycles. The molecule has 1 unspecified atom stereocenters. The van der Waals surface area contributed by atoms with Gasteiger partial charge in [-0.05, 0) is 44.6 Å². The first-order chi connectivity index (χ1) is 13.6. The highest BCUT2D eigenvalue weighted by Gasteiger charge is 2.33. The number of hydrogen-bond donors (Lipinski definition) is 0. The molecule has 0 bridgehead atoms. The van der Waals surface area contributed by atoms with Crippen molar-refractivity contribution in [2.45, 2.75) is 52.5 Å². The van der Waals surface area contributed by atoms with Crippen LogP contribution in [0.3, 0.4) is 0 Å².